The topological polar surface area (TPSA) is 64.0 Å². The van der Waals surface area contributed by atoms with Crippen molar-refractivity contribution >= 4 is 51.0 Å². The van der Waals surface area contributed by atoms with E-state index in [2.05, 4.69) is 26.2 Å². The number of benzene rings is 2. The Labute approximate surface area is 183 Å². The maximum Gasteiger partial charge on any atom is 0.272 e. The van der Waals surface area contributed by atoms with Gasteiger partial charge in [0.25, 0.3) is 5.56 Å². The number of halogens is 2. The Bertz CT molecular complexity index is 1140. The van der Waals surface area contributed by atoms with Crippen molar-refractivity contribution in [1.82, 2.24) is 9.55 Å². The number of nitrogens with one attached hydrogen (secondary N) is 1. The molecule has 29 heavy (non-hydrogen) atoms. The Morgan fingerprint density at radius 3 is 2.76 bits per heavy atom. The Morgan fingerprint density at radius 2 is 2.00 bits per heavy atom. The van der Waals surface area contributed by atoms with Crippen LogP contribution in [0.25, 0.3) is 5.69 Å². The quantitative estimate of drug-likeness (QED) is 0.420. The summed E-state index contributed by atoms with van der Waals surface area (Å²) in [4.78, 5) is 30.7. The lowest BCUT2D eigenvalue weighted by molar-refractivity contribution is -0.113. The third kappa shape index (κ3) is 4.41. The number of hydrogen-bond donors (Lipinski definition) is 1. The minimum Gasteiger partial charge on any atom is -0.323 e. The Kier molecular flexibility index (Phi) is 6.07. The molecule has 1 aliphatic rings. The van der Waals surface area contributed by atoms with Gasteiger partial charge in [0.2, 0.25) is 5.91 Å². The van der Waals surface area contributed by atoms with E-state index in [-0.39, 0.29) is 22.9 Å². The zero-order valence-corrected chi connectivity index (χ0v) is 18.2. The lowest BCUT2D eigenvalue weighted by Crippen LogP contribution is -2.24. The van der Waals surface area contributed by atoms with Crippen LogP contribution in [0.15, 0.2) is 67.9 Å². The molecule has 148 valence electrons. The van der Waals surface area contributed by atoms with E-state index in [0.717, 1.165) is 34.1 Å². The first kappa shape index (κ1) is 20.2. The number of carbonyl (C=O) groups is 1. The van der Waals surface area contributed by atoms with Gasteiger partial charge in [0.15, 0.2) is 5.16 Å². The van der Waals surface area contributed by atoms with Crippen molar-refractivity contribution in [1.29, 1.82) is 0 Å². The number of fused-ring (bicyclic) bond motifs is 1. The summed E-state index contributed by atoms with van der Waals surface area (Å²) in [6, 6.07) is 13.3. The van der Waals surface area contributed by atoms with Gasteiger partial charge in [-0.15, -0.1) is 11.8 Å². The summed E-state index contributed by atoms with van der Waals surface area (Å²) in [7, 11) is 0. The molecule has 2 heterocycles. The molecule has 0 saturated heterocycles. The third-order valence-electron chi connectivity index (χ3n) is 4.23. The van der Waals surface area contributed by atoms with Gasteiger partial charge in [-0.05, 0) is 36.4 Å². The van der Waals surface area contributed by atoms with E-state index in [1.54, 1.807) is 12.1 Å². The van der Waals surface area contributed by atoms with Crippen LogP contribution in [0.2, 0.25) is 0 Å². The molecule has 9 heteroatoms. The first-order valence-corrected chi connectivity index (χ1v) is 11.5. The smallest absolute Gasteiger partial charge is 0.272 e. The molecule has 0 fully saturated rings. The number of aryl methyl sites for hydroxylation is 1. The molecule has 1 N–H and O–H groups in total. The van der Waals surface area contributed by atoms with Crippen molar-refractivity contribution in [3.05, 3.63) is 74.9 Å². The minimum absolute atomic E-state index is 0.00321. The average molecular weight is 492 g/mol. The van der Waals surface area contributed by atoms with Crippen LogP contribution < -0.4 is 10.9 Å². The summed E-state index contributed by atoms with van der Waals surface area (Å²) in [5.41, 5.74) is 1.45. The van der Waals surface area contributed by atoms with Gasteiger partial charge in [0.1, 0.15) is 5.82 Å². The molecule has 0 bridgehead atoms. The van der Waals surface area contributed by atoms with E-state index in [0.29, 0.717) is 15.7 Å². The van der Waals surface area contributed by atoms with E-state index in [4.69, 9.17) is 0 Å². The summed E-state index contributed by atoms with van der Waals surface area (Å²) in [5, 5.41) is 3.00. The van der Waals surface area contributed by atoms with Gasteiger partial charge in [-0.2, -0.15) is 0 Å². The first-order valence-electron chi connectivity index (χ1n) is 8.75. The molecule has 2 aromatic carbocycles. The van der Waals surface area contributed by atoms with Crippen LogP contribution in [0.4, 0.5) is 10.1 Å². The van der Waals surface area contributed by atoms with Crippen LogP contribution in [0.1, 0.15) is 5.69 Å². The lowest BCUT2D eigenvalue weighted by atomic mass is 10.3. The van der Waals surface area contributed by atoms with Crippen LogP contribution in [-0.4, -0.2) is 27.0 Å². The molecule has 5 nitrogen and oxygen atoms in total. The average Bonchev–Trinajstić information content (AvgIpc) is 3.18. The van der Waals surface area contributed by atoms with E-state index < -0.39 is 5.82 Å². The highest BCUT2D eigenvalue weighted by Crippen LogP contribution is 2.30. The number of carbonyl (C=O) groups excluding carboxylic acids is 1. The molecule has 1 aromatic heterocycles. The highest BCUT2D eigenvalue weighted by atomic mass is 79.9. The van der Waals surface area contributed by atoms with Crippen molar-refractivity contribution in [3.63, 3.8) is 0 Å². The molecule has 4 rings (SSSR count). The second kappa shape index (κ2) is 8.73. The van der Waals surface area contributed by atoms with Crippen LogP contribution in [0, 0.1) is 5.82 Å². The second-order valence-corrected chi connectivity index (χ2v) is 9.17. The largest absolute Gasteiger partial charge is 0.323 e. The highest BCUT2D eigenvalue weighted by Gasteiger charge is 2.23. The fourth-order valence-corrected chi connectivity index (χ4v) is 5.00. The number of thioether (sulfide) groups is 2. The van der Waals surface area contributed by atoms with Crippen molar-refractivity contribution in [2.45, 2.75) is 16.5 Å². The zero-order chi connectivity index (χ0) is 20.4. The van der Waals surface area contributed by atoms with Gasteiger partial charge in [-0.3, -0.25) is 14.2 Å². The van der Waals surface area contributed by atoms with Gasteiger partial charge in [0.05, 0.1) is 27.7 Å². The summed E-state index contributed by atoms with van der Waals surface area (Å²) < 4.78 is 16.2. The molecule has 1 amide bonds. The maximum atomic E-state index is 13.7. The number of anilines is 1. The van der Waals surface area contributed by atoms with Gasteiger partial charge < -0.3 is 5.32 Å². The fraction of sp³-hybridized carbons (Fsp3) is 0.150. The highest BCUT2D eigenvalue weighted by molar-refractivity contribution is 9.10. The number of nitrogens with zero attached hydrogens (tertiary/aromatic N) is 2. The third-order valence-corrected chi connectivity index (χ3v) is 6.81. The molecular weight excluding hydrogens is 477 g/mol. The standard InChI is InChI=1S/C20H15BrFN3O2S2/c21-12-5-7-13(8-6-12)25-19(27)18-16(9-10-28-18)24-20(25)29-11-17(26)23-15-4-2-1-3-14(15)22/h1-8H,9-11H2,(H,23,26). The molecule has 0 atom stereocenters. The van der Waals surface area contributed by atoms with Crippen LogP contribution >= 0.6 is 39.5 Å². The normalized spacial score (nSPS) is 12.6. The number of amides is 1. The van der Waals surface area contributed by atoms with E-state index in [1.165, 1.54) is 28.5 Å². The van der Waals surface area contributed by atoms with E-state index in [1.807, 2.05) is 24.3 Å². The van der Waals surface area contributed by atoms with Gasteiger partial charge in [-0.25, -0.2) is 9.37 Å². The van der Waals surface area contributed by atoms with Gasteiger partial charge in [0, 0.05) is 16.6 Å². The number of rotatable bonds is 5. The molecule has 0 radical (unpaired) electrons. The Hall–Kier alpha value is -2.10. The number of para-hydroxylation sites is 1. The van der Waals surface area contributed by atoms with Crippen molar-refractivity contribution in [2.75, 3.05) is 16.8 Å². The molecule has 0 unspecified atom stereocenters. The molecule has 1 aliphatic heterocycles. The zero-order valence-electron chi connectivity index (χ0n) is 15.0. The monoisotopic (exact) mass is 491 g/mol. The maximum absolute atomic E-state index is 13.7. The van der Waals surface area contributed by atoms with Crippen LogP contribution in [0.5, 0.6) is 0 Å². The molecule has 0 aliphatic carbocycles. The second-order valence-electron chi connectivity index (χ2n) is 6.20. The van der Waals surface area contributed by atoms with Crippen LogP contribution in [-0.2, 0) is 11.2 Å². The predicted molar refractivity (Wildman–Crippen MR) is 118 cm³/mol. The first-order chi connectivity index (χ1) is 14.0. The van der Waals surface area contributed by atoms with Crippen molar-refractivity contribution in [2.24, 2.45) is 0 Å². The molecule has 0 spiro atoms. The Morgan fingerprint density at radius 1 is 1.24 bits per heavy atom. The minimum atomic E-state index is -0.495. The van der Waals surface area contributed by atoms with E-state index in [9.17, 15) is 14.0 Å². The molecular formula is C20H15BrFN3O2S2. The molecule has 3 aromatic rings. The summed E-state index contributed by atoms with van der Waals surface area (Å²) in [6.07, 6.45) is 0.728. The van der Waals surface area contributed by atoms with Gasteiger partial charge in [-0.1, -0.05) is 39.8 Å². The van der Waals surface area contributed by atoms with Gasteiger partial charge >= 0.3 is 0 Å². The fourth-order valence-electron chi connectivity index (χ4n) is 2.89. The van der Waals surface area contributed by atoms with Crippen molar-refractivity contribution < 1.29 is 9.18 Å². The predicted octanol–water partition coefficient (Wildman–Crippen LogP) is 4.51. The lowest BCUT2D eigenvalue weighted by Gasteiger charge is -2.14. The number of hydrogen-bond acceptors (Lipinski definition) is 5. The number of aromatic nitrogens is 2. The molecule has 0 saturated carbocycles. The van der Waals surface area contributed by atoms with Crippen LogP contribution in [0.3, 0.4) is 0 Å². The van der Waals surface area contributed by atoms with E-state index >= 15 is 0 Å². The summed E-state index contributed by atoms with van der Waals surface area (Å²) in [6.45, 7) is 0. The Balaban J connectivity index is 1.62. The summed E-state index contributed by atoms with van der Waals surface area (Å²) in [5.74, 6) is -0.0415. The SMILES string of the molecule is O=C(CSc1nc2c(c(=O)n1-c1ccc(Br)cc1)SCC2)Nc1ccccc1F. The summed E-state index contributed by atoms with van der Waals surface area (Å²) >= 11 is 6.06. The van der Waals surface area contributed by atoms with Crippen molar-refractivity contribution in [3.8, 4) is 5.69 Å².